The Hall–Kier alpha value is -2.00. The minimum absolute atomic E-state index is 0.616. The summed E-state index contributed by atoms with van der Waals surface area (Å²) in [5.41, 5.74) is 1.45. The standard InChI is InChI=1S/C15H16O3/c1-17-12-9-6-10-13(18-2)14(12)15(16)11-7-4-3-5-8-11/h3-10,15-16H,1-2H3/t15-/m1/s1. The molecular weight excluding hydrogens is 228 g/mol. The van der Waals surface area contributed by atoms with E-state index < -0.39 is 6.10 Å². The number of aliphatic hydroxyl groups is 1. The van der Waals surface area contributed by atoms with E-state index in [0.717, 1.165) is 5.56 Å². The predicted molar refractivity (Wildman–Crippen MR) is 70.0 cm³/mol. The molecule has 0 saturated heterocycles. The molecule has 2 rings (SSSR count). The number of hydrogen-bond donors (Lipinski definition) is 1. The Labute approximate surface area is 107 Å². The zero-order chi connectivity index (χ0) is 13.0. The minimum atomic E-state index is -0.766. The maximum atomic E-state index is 10.5. The summed E-state index contributed by atoms with van der Waals surface area (Å²) >= 11 is 0. The van der Waals surface area contributed by atoms with Crippen LogP contribution in [0, 0.1) is 0 Å². The van der Waals surface area contributed by atoms with Crippen LogP contribution in [0.5, 0.6) is 11.5 Å². The van der Waals surface area contributed by atoms with Gasteiger partial charge in [0.2, 0.25) is 0 Å². The Balaban J connectivity index is 2.49. The third-order valence-corrected chi connectivity index (χ3v) is 2.85. The number of benzene rings is 2. The van der Waals surface area contributed by atoms with Crippen molar-refractivity contribution in [1.29, 1.82) is 0 Å². The van der Waals surface area contributed by atoms with E-state index in [1.54, 1.807) is 14.2 Å². The molecule has 1 N–H and O–H groups in total. The van der Waals surface area contributed by atoms with Gasteiger partial charge in [0, 0.05) is 0 Å². The summed E-state index contributed by atoms with van der Waals surface area (Å²) < 4.78 is 10.6. The van der Waals surface area contributed by atoms with Crippen LogP contribution < -0.4 is 9.47 Å². The van der Waals surface area contributed by atoms with Crippen molar-refractivity contribution in [3.63, 3.8) is 0 Å². The zero-order valence-electron chi connectivity index (χ0n) is 10.5. The molecule has 0 heterocycles. The molecule has 0 amide bonds. The van der Waals surface area contributed by atoms with Crippen molar-refractivity contribution in [2.45, 2.75) is 6.10 Å². The van der Waals surface area contributed by atoms with Crippen LogP contribution in [0.15, 0.2) is 48.5 Å². The van der Waals surface area contributed by atoms with Gasteiger partial charge in [-0.2, -0.15) is 0 Å². The fourth-order valence-corrected chi connectivity index (χ4v) is 1.95. The smallest absolute Gasteiger partial charge is 0.128 e. The maximum Gasteiger partial charge on any atom is 0.128 e. The average Bonchev–Trinajstić information content (AvgIpc) is 2.46. The topological polar surface area (TPSA) is 38.7 Å². The number of aliphatic hydroxyl groups excluding tert-OH is 1. The second kappa shape index (κ2) is 5.56. The van der Waals surface area contributed by atoms with Crippen molar-refractivity contribution < 1.29 is 14.6 Å². The molecule has 0 aliphatic carbocycles. The average molecular weight is 244 g/mol. The molecule has 18 heavy (non-hydrogen) atoms. The van der Waals surface area contributed by atoms with Gasteiger partial charge in [0.25, 0.3) is 0 Å². The SMILES string of the molecule is COc1cccc(OC)c1[C@H](O)c1ccccc1. The number of hydrogen-bond acceptors (Lipinski definition) is 3. The number of ether oxygens (including phenoxy) is 2. The molecule has 0 fully saturated rings. The monoisotopic (exact) mass is 244 g/mol. The predicted octanol–water partition coefficient (Wildman–Crippen LogP) is 2.79. The Morgan fingerprint density at radius 3 is 1.89 bits per heavy atom. The van der Waals surface area contributed by atoms with E-state index in [4.69, 9.17) is 9.47 Å². The van der Waals surface area contributed by atoms with Gasteiger partial charge in [0.1, 0.15) is 17.6 Å². The molecule has 0 radical (unpaired) electrons. The molecule has 0 spiro atoms. The van der Waals surface area contributed by atoms with Crippen LogP contribution in [0.4, 0.5) is 0 Å². The first-order valence-electron chi connectivity index (χ1n) is 5.71. The van der Waals surface area contributed by atoms with Gasteiger partial charge in [0.15, 0.2) is 0 Å². The molecule has 2 aromatic rings. The van der Waals surface area contributed by atoms with Gasteiger partial charge in [-0.05, 0) is 17.7 Å². The molecule has 0 unspecified atom stereocenters. The van der Waals surface area contributed by atoms with Crippen LogP contribution in [0.2, 0.25) is 0 Å². The van der Waals surface area contributed by atoms with Gasteiger partial charge in [-0.1, -0.05) is 36.4 Å². The number of methoxy groups -OCH3 is 2. The summed E-state index contributed by atoms with van der Waals surface area (Å²) in [6, 6.07) is 14.9. The quantitative estimate of drug-likeness (QED) is 0.898. The summed E-state index contributed by atoms with van der Waals surface area (Å²) in [5.74, 6) is 1.23. The van der Waals surface area contributed by atoms with E-state index in [1.807, 2.05) is 48.5 Å². The first-order valence-corrected chi connectivity index (χ1v) is 5.71. The highest BCUT2D eigenvalue weighted by molar-refractivity contribution is 5.49. The lowest BCUT2D eigenvalue weighted by molar-refractivity contribution is 0.209. The summed E-state index contributed by atoms with van der Waals surface area (Å²) in [4.78, 5) is 0. The maximum absolute atomic E-state index is 10.5. The molecule has 0 saturated carbocycles. The Bertz CT molecular complexity index is 486. The van der Waals surface area contributed by atoms with Gasteiger partial charge in [-0.25, -0.2) is 0 Å². The summed E-state index contributed by atoms with van der Waals surface area (Å²) in [7, 11) is 3.16. The van der Waals surface area contributed by atoms with Crippen molar-refractivity contribution in [2.24, 2.45) is 0 Å². The lowest BCUT2D eigenvalue weighted by Crippen LogP contribution is -2.04. The van der Waals surface area contributed by atoms with Crippen LogP contribution in [0.3, 0.4) is 0 Å². The van der Waals surface area contributed by atoms with Crippen molar-refractivity contribution in [1.82, 2.24) is 0 Å². The van der Waals surface area contributed by atoms with Gasteiger partial charge in [-0.3, -0.25) is 0 Å². The third-order valence-electron chi connectivity index (χ3n) is 2.85. The van der Waals surface area contributed by atoms with E-state index in [2.05, 4.69) is 0 Å². The molecule has 0 aromatic heterocycles. The fraction of sp³-hybridized carbons (Fsp3) is 0.200. The molecule has 0 aliphatic heterocycles. The highest BCUT2D eigenvalue weighted by Crippen LogP contribution is 2.36. The van der Waals surface area contributed by atoms with Crippen molar-refractivity contribution >= 4 is 0 Å². The van der Waals surface area contributed by atoms with E-state index in [9.17, 15) is 5.11 Å². The second-order valence-electron chi connectivity index (χ2n) is 3.89. The van der Waals surface area contributed by atoms with Crippen molar-refractivity contribution in [3.05, 3.63) is 59.7 Å². The molecule has 94 valence electrons. The first-order chi connectivity index (χ1) is 8.77. The first kappa shape index (κ1) is 12.5. The summed E-state index contributed by atoms with van der Waals surface area (Å²) in [6.45, 7) is 0. The summed E-state index contributed by atoms with van der Waals surface area (Å²) in [5, 5.41) is 10.5. The van der Waals surface area contributed by atoms with Gasteiger partial charge >= 0.3 is 0 Å². The number of rotatable bonds is 4. The van der Waals surface area contributed by atoms with Crippen LogP contribution in [0.25, 0.3) is 0 Å². The van der Waals surface area contributed by atoms with E-state index in [1.165, 1.54) is 0 Å². The van der Waals surface area contributed by atoms with Crippen LogP contribution in [-0.2, 0) is 0 Å². The van der Waals surface area contributed by atoms with Crippen LogP contribution >= 0.6 is 0 Å². The second-order valence-corrected chi connectivity index (χ2v) is 3.89. The molecule has 0 aliphatic rings. The van der Waals surface area contributed by atoms with E-state index in [0.29, 0.717) is 17.1 Å². The lowest BCUT2D eigenvalue weighted by Gasteiger charge is -2.18. The molecule has 3 heteroatoms. The Morgan fingerprint density at radius 2 is 1.39 bits per heavy atom. The zero-order valence-corrected chi connectivity index (χ0v) is 10.5. The molecule has 3 nitrogen and oxygen atoms in total. The molecule has 0 bridgehead atoms. The van der Waals surface area contributed by atoms with E-state index in [-0.39, 0.29) is 0 Å². The van der Waals surface area contributed by atoms with Crippen LogP contribution in [0.1, 0.15) is 17.2 Å². The normalized spacial score (nSPS) is 11.9. The Morgan fingerprint density at radius 1 is 0.833 bits per heavy atom. The van der Waals surface area contributed by atoms with E-state index >= 15 is 0 Å². The highest BCUT2D eigenvalue weighted by Gasteiger charge is 2.19. The molecular formula is C15H16O3. The third kappa shape index (κ3) is 2.31. The Kier molecular flexibility index (Phi) is 3.85. The fourth-order valence-electron chi connectivity index (χ4n) is 1.95. The summed E-state index contributed by atoms with van der Waals surface area (Å²) in [6.07, 6.45) is -0.766. The highest BCUT2D eigenvalue weighted by atomic mass is 16.5. The van der Waals surface area contributed by atoms with Gasteiger partial charge < -0.3 is 14.6 Å². The van der Waals surface area contributed by atoms with Gasteiger partial charge in [-0.15, -0.1) is 0 Å². The van der Waals surface area contributed by atoms with Gasteiger partial charge in [0.05, 0.1) is 19.8 Å². The largest absolute Gasteiger partial charge is 0.496 e. The molecule has 2 aromatic carbocycles. The van der Waals surface area contributed by atoms with Crippen LogP contribution in [-0.4, -0.2) is 19.3 Å². The lowest BCUT2D eigenvalue weighted by atomic mass is 10.00. The minimum Gasteiger partial charge on any atom is -0.496 e. The van der Waals surface area contributed by atoms with Crippen molar-refractivity contribution in [3.8, 4) is 11.5 Å². The van der Waals surface area contributed by atoms with Crippen molar-refractivity contribution in [2.75, 3.05) is 14.2 Å². The molecule has 1 atom stereocenters.